The van der Waals surface area contributed by atoms with Crippen LogP contribution in [0.5, 0.6) is 5.75 Å². The molecule has 5 nitrogen and oxygen atoms in total. The molecule has 0 aliphatic carbocycles. The van der Waals surface area contributed by atoms with E-state index in [0.717, 1.165) is 6.42 Å². The van der Waals surface area contributed by atoms with E-state index in [2.05, 4.69) is 5.32 Å². The summed E-state index contributed by atoms with van der Waals surface area (Å²) in [6.07, 6.45) is 0.748. The van der Waals surface area contributed by atoms with Crippen molar-refractivity contribution in [3.8, 4) is 5.75 Å². The van der Waals surface area contributed by atoms with Crippen LogP contribution in [-0.4, -0.2) is 41.0 Å². The molecule has 1 atom stereocenters. The van der Waals surface area contributed by atoms with Crippen LogP contribution in [0.3, 0.4) is 0 Å². The van der Waals surface area contributed by atoms with E-state index in [-0.39, 0.29) is 23.6 Å². The third-order valence-corrected chi connectivity index (χ3v) is 3.35. The predicted octanol–water partition coefficient (Wildman–Crippen LogP) is 1.05. The van der Waals surface area contributed by atoms with Gasteiger partial charge in [0.05, 0.1) is 5.56 Å². The molecule has 0 bridgehead atoms. The molecular formula is C14H18N2O3. The second-order valence-corrected chi connectivity index (χ2v) is 4.91. The maximum absolute atomic E-state index is 12.3. The smallest absolute Gasteiger partial charge is 0.257 e. The minimum Gasteiger partial charge on any atom is -0.507 e. The zero-order valence-electron chi connectivity index (χ0n) is 11.1. The summed E-state index contributed by atoms with van der Waals surface area (Å²) in [5.74, 6) is -0.234. The van der Waals surface area contributed by atoms with E-state index < -0.39 is 0 Å². The van der Waals surface area contributed by atoms with Gasteiger partial charge in [0.1, 0.15) is 5.75 Å². The molecule has 1 aliphatic heterocycles. The van der Waals surface area contributed by atoms with Gasteiger partial charge >= 0.3 is 0 Å². The van der Waals surface area contributed by atoms with Crippen LogP contribution in [0.15, 0.2) is 18.2 Å². The molecule has 1 aromatic carbocycles. The van der Waals surface area contributed by atoms with Gasteiger partial charge in [0.2, 0.25) is 5.91 Å². The zero-order valence-corrected chi connectivity index (χ0v) is 11.1. The Morgan fingerprint density at radius 2 is 2.16 bits per heavy atom. The number of aromatic hydroxyl groups is 1. The molecule has 1 fully saturated rings. The maximum Gasteiger partial charge on any atom is 0.257 e. The number of nitrogens with one attached hydrogen (secondary N) is 1. The largest absolute Gasteiger partial charge is 0.507 e. The van der Waals surface area contributed by atoms with Crippen molar-refractivity contribution in [3.63, 3.8) is 0 Å². The number of carbonyl (C=O) groups excluding carboxylic acids is 2. The minimum absolute atomic E-state index is 0.00778. The molecule has 0 spiro atoms. The van der Waals surface area contributed by atoms with Gasteiger partial charge < -0.3 is 15.3 Å². The molecule has 0 saturated carbocycles. The molecule has 2 N–H and O–H groups in total. The fourth-order valence-electron chi connectivity index (χ4n) is 2.35. The number of para-hydroxylation sites is 1. The highest BCUT2D eigenvalue weighted by Gasteiger charge is 2.28. The molecule has 2 rings (SSSR count). The van der Waals surface area contributed by atoms with E-state index in [9.17, 15) is 14.7 Å². The lowest BCUT2D eigenvalue weighted by Gasteiger charge is -2.18. The minimum atomic E-state index is -0.186. The van der Waals surface area contributed by atoms with Crippen molar-refractivity contribution < 1.29 is 14.7 Å². The summed E-state index contributed by atoms with van der Waals surface area (Å²) in [4.78, 5) is 25.0. The predicted molar refractivity (Wildman–Crippen MR) is 71.0 cm³/mol. The molecule has 19 heavy (non-hydrogen) atoms. The fourth-order valence-corrected chi connectivity index (χ4v) is 2.35. The van der Waals surface area contributed by atoms with Crippen molar-refractivity contribution in [2.24, 2.45) is 0 Å². The maximum atomic E-state index is 12.3. The Morgan fingerprint density at radius 1 is 1.42 bits per heavy atom. The average Bonchev–Trinajstić information content (AvgIpc) is 2.79. The van der Waals surface area contributed by atoms with Gasteiger partial charge in [-0.3, -0.25) is 9.59 Å². The lowest BCUT2D eigenvalue weighted by atomic mass is 10.1. The Kier molecular flexibility index (Phi) is 3.74. The molecule has 1 saturated heterocycles. The molecule has 0 radical (unpaired) electrons. The fraction of sp³-hybridized carbons (Fsp3) is 0.429. The number of phenolic OH excluding ortho intramolecular Hbond substituents is 1. The summed E-state index contributed by atoms with van der Waals surface area (Å²) in [7, 11) is 0. The standard InChI is InChI=1S/C14H18N2O3/c1-9-4-3-5-12(13(9)18)14(19)16-7-6-11(8-16)15-10(2)17/h3-5,11,18H,6-8H2,1-2H3,(H,15,17). The van der Waals surface area contributed by atoms with Gasteiger partial charge in [-0.1, -0.05) is 12.1 Å². The van der Waals surface area contributed by atoms with Crippen molar-refractivity contribution in [2.45, 2.75) is 26.3 Å². The molecule has 1 unspecified atom stereocenters. The van der Waals surface area contributed by atoms with Crippen LogP contribution in [0.1, 0.15) is 29.3 Å². The average molecular weight is 262 g/mol. The number of nitrogens with zero attached hydrogens (tertiary/aromatic N) is 1. The Balaban J connectivity index is 2.09. The SMILES string of the molecule is CC(=O)NC1CCN(C(=O)c2cccc(C)c2O)C1. The van der Waals surface area contributed by atoms with Crippen molar-refractivity contribution in [2.75, 3.05) is 13.1 Å². The number of rotatable bonds is 2. The number of likely N-dealkylation sites (tertiary alicyclic amines) is 1. The topological polar surface area (TPSA) is 69.6 Å². The molecule has 1 aliphatic rings. The molecule has 102 valence electrons. The zero-order chi connectivity index (χ0) is 14.0. The third kappa shape index (κ3) is 2.86. The van der Waals surface area contributed by atoms with Crippen molar-refractivity contribution in [1.29, 1.82) is 0 Å². The van der Waals surface area contributed by atoms with E-state index in [0.29, 0.717) is 24.2 Å². The summed E-state index contributed by atoms with van der Waals surface area (Å²) in [6.45, 7) is 4.32. The van der Waals surface area contributed by atoms with Crippen LogP contribution in [0.25, 0.3) is 0 Å². The van der Waals surface area contributed by atoms with Crippen LogP contribution in [0.4, 0.5) is 0 Å². The number of amides is 2. The number of carbonyl (C=O) groups is 2. The number of aryl methyl sites for hydroxylation is 1. The van der Waals surface area contributed by atoms with Gasteiger partial charge in [-0.25, -0.2) is 0 Å². The normalized spacial score (nSPS) is 18.4. The highest BCUT2D eigenvalue weighted by atomic mass is 16.3. The molecule has 0 aromatic heterocycles. The monoisotopic (exact) mass is 262 g/mol. The van der Waals surface area contributed by atoms with Crippen LogP contribution >= 0.6 is 0 Å². The van der Waals surface area contributed by atoms with Crippen molar-refractivity contribution in [3.05, 3.63) is 29.3 Å². The Labute approximate surface area is 112 Å². The molecule has 1 heterocycles. The van der Waals surface area contributed by atoms with Crippen LogP contribution in [0, 0.1) is 6.92 Å². The molecule has 2 amide bonds. The van der Waals surface area contributed by atoms with Gasteiger partial charge in [0, 0.05) is 26.1 Å². The van der Waals surface area contributed by atoms with E-state index in [1.165, 1.54) is 6.92 Å². The Morgan fingerprint density at radius 3 is 2.84 bits per heavy atom. The number of benzene rings is 1. The first-order chi connectivity index (χ1) is 8.99. The number of hydrogen-bond donors (Lipinski definition) is 2. The number of hydrogen-bond acceptors (Lipinski definition) is 3. The molecule has 1 aromatic rings. The van der Waals surface area contributed by atoms with E-state index >= 15 is 0 Å². The first-order valence-electron chi connectivity index (χ1n) is 6.34. The summed E-state index contributed by atoms with van der Waals surface area (Å²) in [5.41, 5.74) is 1.01. The van der Waals surface area contributed by atoms with Gasteiger partial charge in [0.15, 0.2) is 0 Å². The molecule has 5 heteroatoms. The lowest BCUT2D eigenvalue weighted by molar-refractivity contribution is -0.119. The highest BCUT2D eigenvalue weighted by Crippen LogP contribution is 2.24. The lowest BCUT2D eigenvalue weighted by Crippen LogP contribution is -2.37. The first-order valence-corrected chi connectivity index (χ1v) is 6.34. The Bertz CT molecular complexity index is 513. The van der Waals surface area contributed by atoms with Gasteiger partial charge in [-0.2, -0.15) is 0 Å². The van der Waals surface area contributed by atoms with Gasteiger partial charge in [-0.15, -0.1) is 0 Å². The van der Waals surface area contributed by atoms with Gasteiger partial charge in [-0.05, 0) is 25.0 Å². The number of phenols is 1. The highest BCUT2D eigenvalue weighted by molar-refractivity contribution is 5.97. The molecular weight excluding hydrogens is 244 g/mol. The van der Waals surface area contributed by atoms with Crippen molar-refractivity contribution in [1.82, 2.24) is 10.2 Å². The van der Waals surface area contributed by atoms with Crippen molar-refractivity contribution >= 4 is 11.8 Å². The summed E-state index contributed by atoms with van der Waals surface area (Å²) in [5, 5.41) is 12.7. The van der Waals surface area contributed by atoms with Crippen LogP contribution < -0.4 is 5.32 Å². The third-order valence-electron chi connectivity index (χ3n) is 3.35. The Hall–Kier alpha value is -2.04. The second-order valence-electron chi connectivity index (χ2n) is 4.91. The van der Waals surface area contributed by atoms with Crippen LogP contribution in [0.2, 0.25) is 0 Å². The summed E-state index contributed by atoms with van der Waals surface area (Å²) >= 11 is 0. The summed E-state index contributed by atoms with van der Waals surface area (Å²) < 4.78 is 0. The van der Waals surface area contributed by atoms with E-state index in [1.54, 1.807) is 30.0 Å². The second kappa shape index (κ2) is 5.30. The summed E-state index contributed by atoms with van der Waals surface area (Å²) in [6, 6.07) is 5.14. The van der Waals surface area contributed by atoms with Gasteiger partial charge in [0.25, 0.3) is 5.91 Å². The van der Waals surface area contributed by atoms with E-state index in [4.69, 9.17) is 0 Å². The van der Waals surface area contributed by atoms with Crippen LogP contribution in [-0.2, 0) is 4.79 Å². The van der Waals surface area contributed by atoms with E-state index in [1.807, 2.05) is 0 Å². The first kappa shape index (κ1) is 13.4. The quantitative estimate of drug-likeness (QED) is 0.837.